The Balaban J connectivity index is 1.93. The van der Waals surface area contributed by atoms with Crippen molar-refractivity contribution in [2.24, 2.45) is 11.3 Å². The molecule has 3 fully saturated rings. The number of piperidine rings is 1. The minimum absolute atomic E-state index is 0.872. The minimum atomic E-state index is 0.872. The Bertz CT molecular complexity index is 193. The number of hydrogen-bond acceptors (Lipinski definition) is 1. The maximum Gasteiger partial charge on any atom is 0.0104 e. The zero-order chi connectivity index (χ0) is 7.64. The monoisotopic (exact) mass is 151 g/mol. The topological polar surface area (TPSA) is 3.24 Å². The zero-order valence-corrected chi connectivity index (χ0v) is 7.51. The van der Waals surface area contributed by atoms with E-state index in [1.807, 2.05) is 0 Å². The molecule has 1 heteroatoms. The summed E-state index contributed by atoms with van der Waals surface area (Å²) in [6.07, 6.45) is 6.13. The molecule has 1 saturated heterocycles. The summed E-state index contributed by atoms with van der Waals surface area (Å²) in [7, 11) is 2.31. The molecule has 3 aliphatic rings. The molecule has 2 saturated carbocycles. The van der Waals surface area contributed by atoms with Gasteiger partial charge in [0.1, 0.15) is 0 Å². The molecule has 0 aromatic heterocycles. The van der Waals surface area contributed by atoms with E-state index >= 15 is 0 Å². The van der Waals surface area contributed by atoms with Crippen LogP contribution < -0.4 is 0 Å². The average molecular weight is 151 g/mol. The fourth-order valence-electron chi connectivity index (χ4n) is 3.62. The predicted octanol–water partition coefficient (Wildman–Crippen LogP) is 1.88. The van der Waals surface area contributed by atoms with Gasteiger partial charge in [0, 0.05) is 12.1 Å². The second kappa shape index (κ2) is 1.66. The molecule has 11 heavy (non-hydrogen) atoms. The Morgan fingerprint density at radius 3 is 2.55 bits per heavy atom. The highest BCUT2D eigenvalue weighted by Crippen LogP contribution is 2.66. The van der Waals surface area contributed by atoms with Crippen LogP contribution in [0.4, 0.5) is 0 Å². The Morgan fingerprint density at radius 1 is 1.36 bits per heavy atom. The van der Waals surface area contributed by atoms with Gasteiger partial charge in [-0.1, -0.05) is 0 Å². The number of hydrogen-bond donors (Lipinski definition) is 0. The van der Waals surface area contributed by atoms with Gasteiger partial charge in [0.15, 0.2) is 0 Å². The van der Waals surface area contributed by atoms with Crippen molar-refractivity contribution >= 4 is 0 Å². The molecule has 3 atom stereocenters. The zero-order valence-electron chi connectivity index (χ0n) is 7.51. The van der Waals surface area contributed by atoms with Gasteiger partial charge in [-0.3, -0.25) is 0 Å². The lowest BCUT2D eigenvalue weighted by atomic mass is 9.86. The summed E-state index contributed by atoms with van der Waals surface area (Å²) in [5.41, 5.74) is 0.872. The van der Waals surface area contributed by atoms with Crippen molar-refractivity contribution in [1.29, 1.82) is 0 Å². The van der Waals surface area contributed by atoms with E-state index in [2.05, 4.69) is 18.9 Å². The van der Waals surface area contributed by atoms with E-state index in [4.69, 9.17) is 0 Å². The van der Waals surface area contributed by atoms with Gasteiger partial charge in [-0.2, -0.15) is 0 Å². The Morgan fingerprint density at radius 2 is 2.09 bits per heavy atom. The third kappa shape index (κ3) is 0.618. The van der Waals surface area contributed by atoms with Crippen molar-refractivity contribution in [3.63, 3.8) is 0 Å². The highest BCUT2D eigenvalue weighted by atomic mass is 15.2. The summed E-state index contributed by atoms with van der Waals surface area (Å²) < 4.78 is 0. The fourth-order valence-corrected chi connectivity index (χ4v) is 3.62. The molecule has 62 valence electrons. The molecule has 0 N–H and O–H groups in total. The summed E-state index contributed by atoms with van der Waals surface area (Å²) >= 11 is 0. The molecular formula is C10H17N. The summed E-state index contributed by atoms with van der Waals surface area (Å²) in [6, 6.07) is 1.84. The van der Waals surface area contributed by atoms with Crippen LogP contribution in [0.3, 0.4) is 0 Å². The number of rotatable bonds is 0. The molecule has 2 aliphatic carbocycles. The van der Waals surface area contributed by atoms with Crippen LogP contribution in [-0.4, -0.2) is 24.0 Å². The van der Waals surface area contributed by atoms with Crippen LogP contribution in [0.2, 0.25) is 0 Å². The molecule has 2 bridgehead atoms. The first-order valence-electron chi connectivity index (χ1n) is 4.95. The molecule has 0 aromatic carbocycles. The Hall–Kier alpha value is -0.0400. The van der Waals surface area contributed by atoms with Crippen molar-refractivity contribution in [1.82, 2.24) is 4.90 Å². The van der Waals surface area contributed by atoms with Crippen LogP contribution in [0, 0.1) is 11.3 Å². The predicted molar refractivity (Wildman–Crippen MR) is 45.4 cm³/mol. The summed E-state index contributed by atoms with van der Waals surface area (Å²) in [6.45, 7) is 2.42. The molecule has 1 aliphatic heterocycles. The van der Waals surface area contributed by atoms with E-state index < -0.39 is 0 Å². The second-order valence-corrected chi connectivity index (χ2v) is 4.97. The molecular weight excluding hydrogens is 134 g/mol. The van der Waals surface area contributed by atoms with Gasteiger partial charge in [-0.05, 0) is 51.0 Å². The lowest BCUT2D eigenvalue weighted by Crippen LogP contribution is -2.39. The van der Waals surface area contributed by atoms with E-state index in [0.29, 0.717) is 0 Å². The minimum Gasteiger partial charge on any atom is -0.300 e. The molecule has 1 nitrogen and oxygen atoms in total. The summed E-state index contributed by atoms with van der Waals surface area (Å²) in [5.74, 6) is 1.07. The normalized spacial score (nSPS) is 52.4. The first-order valence-corrected chi connectivity index (χ1v) is 4.95. The largest absolute Gasteiger partial charge is 0.300 e. The molecule has 1 heterocycles. The van der Waals surface area contributed by atoms with E-state index in [1.165, 1.54) is 12.8 Å². The Labute approximate surface area is 68.8 Å². The maximum atomic E-state index is 2.61. The van der Waals surface area contributed by atoms with Gasteiger partial charge in [-0.25, -0.2) is 0 Å². The van der Waals surface area contributed by atoms with Gasteiger partial charge in [0.05, 0.1) is 0 Å². The highest BCUT2D eigenvalue weighted by Gasteiger charge is 2.62. The lowest BCUT2D eigenvalue weighted by Gasteiger charge is -2.34. The molecule has 0 aromatic rings. The van der Waals surface area contributed by atoms with E-state index in [-0.39, 0.29) is 0 Å². The van der Waals surface area contributed by atoms with Crippen LogP contribution in [-0.2, 0) is 0 Å². The molecule has 1 spiro atoms. The maximum absolute atomic E-state index is 2.61. The smallest absolute Gasteiger partial charge is 0.0104 e. The molecule has 3 rings (SSSR count). The second-order valence-electron chi connectivity index (χ2n) is 4.97. The van der Waals surface area contributed by atoms with Crippen LogP contribution in [0.1, 0.15) is 32.6 Å². The van der Waals surface area contributed by atoms with Crippen LogP contribution in [0.5, 0.6) is 0 Å². The summed E-state index contributed by atoms with van der Waals surface area (Å²) in [4.78, 5) is 2.61. The lowest BCUT2D eigenvalue weighted by molar-refractivity contribution is 0.132. The van der Waals surface area contributed by atoms with Crippen molar-refractivity contribution in [3.8, 4) is 0 Å². The first-order chi connectivity index (χ1) is 5.23. The third-order valence-corrected chi connectivity index (χ3v) is 4.65. The van der Waals surface area contributed by atoms with Gasteiger partial charge in [-0.15, -0.1) is 0 Å². The van der Waals surface area contributed by atoms with Crippen LogP contribution in [0.25, 0.3) is 0 Å². The Kier molecular flexibility index (Phi) is 0.976. The number of fused-ring (bicyclic) bond motifs is 3. The molecule has 0 radical (unpaired) electrons. The fraction of sp³-hybridized carbons (Fsp3) is 1.00. The van der Waals surface area contributed by atoms with E-state index in [9.17, 15) is 0 Å². The molecule has 3 unspecified atom stereocenters. The van der Waals surface area contributed by atoms with Gasteiger partial charge < -0.3 is 4.90 Å². The average Bonchev–Trinajstić information content (AvgIpc) is 2.53. The van der Waals surface area contributed by atoms with Crippen molar-refractivity contribution < 1.29 is 0 Å². The van der Waals surface area contributed by atoms with Crippen molar-refractivity contribution in [2.45, 2.75) is 44.7 Å². The third-order valence-electron chi connectivity index (χ3n) is 4.65. The van der Waals surface area contributed by atoms with Crippen molar-refractivity contribution in [2.75, 3.05) is 7.05 Å². The summed E-state index contributed by atoms with van der Waals surface area (Å²) in [5, 5.41) is 0. The SMILES string of the molecule is CC1C2CC(CC23CC3)N1C. The first kappa shape index (κ1) is 6.47. The van der Waals surface area contributed by atoms with E-state index in [1.54, 1.807) is 12.8 Å². The van der Waals surface area contributed by atoms with Gasteiger partial charge in [0.25, 0.3) is 0 Å². The number of likely N-dealkylation sites (tertiary alicyclic amines) is 1. The van der Waals surface area contributed by atoms with Gasteiger partial charge in [0.2, 0.25) is 0 Å². The number of nitrogens with zero attached hydrogens (tertiary/aromatic N) is 1. The highest BCUT2D eigenvalue weighted by molar-refractivity contribution is 5.14. The van der Waals surface area contributed by atoms with Gasteiger partial charge >= 0.3 is 0 Å². The standard InChI is InChI=1S/C10H17N/c1-7-9-5-8(11(7)2)6-10(9)3-4-10/h7-9H,3-6H2,1-2H3. The van der Waals surface area contributed by atoms with Crippen LogP contribution >= 0.6 is 0 Å². The van der Waals surface area contributed by atoms with Crippen LogP contribution in [0.15, 0.2) is 0 Å². The quantitative estimate of drug-likeness (QED) is 0.511. The molecule has 0 amide bonds. The van der Waals surface area contributed by atoms with Crippen molar-refractivity contribution in [3.05, 3.63) is 0 Å². The van der Waals surface area contributed by atoms with E-state index in [0.717, 1.165) is 23.4 Å².